The molecule has 6 aromatic rings. The number of halogens is 4. The van der Waals surface area contributed by atoms with E-state index in [0.29, 0.717) is 11.4 Å². The molecule has 4 heterocycles. The number of hydrogen-bond donors (Lipinski definition) is 1. The molecule has 286 valence electrons. The maximum Gasteiger partial charge on any atom is 0.435 e. The van der Waals surface area contributed by atoms with Crippen LogP contribution in [0, 0.1) is 11.6 Å². The molecule has 0 spiro atoms. The van der Waals surface area contributed by atoms with Gasteiger partial charge in [-0.25, -0.2) is 28.3 Å². The molecule has 1 N–H and O–H groups in total. The van der Waals surface area contributed by atoms with E-state index in [9.17, 15) is 18.4 Å². The summed E-state index contributed by atoms with van der Waals surface area (Å²) in [5.74, 6) is -1.12. The fourth-order valence-corrected chi connectivity index (χ4v) is 4.91. The molecule has 14 nitrogen and oxygen atoms in total. The van der Waals surface area contributed by atoms with Gasteiger partial charge in [-0.2, -0.15) is 29.5 Å². The Hall–Kier alpha value is -6.00. The van der Waals surface area contributed by atoms with Crippen LogP contribution in [-0.4, -0.2) is 69.9 Å². The first-order valence-corrected chi connectivity index (χ1v) is 17.2. The standard InChI is InChI=1S/C19H19ClFN5O2.C18H17ClFN5O2/c1-19(2,3)28-18(27)26-11-13(9-23-26)12-5-7-14(8-6-12)25(4)16-15(21)10-22-17(20)24-16;1-18(2,3)27-17(26)25-10-12(8-22-25)11-4-6-13(7-5-11)23-15-14(20)9-21-16(19)24-15/h5-11H,1-4H3;4-10H,1-3H3,(H,21,23,24). The van der Waals surface area contributed by atoms with Gasteiger partial charge in [0.25, 0.3) is 0 Å². The zero-order valence-corrected chi connectivity index (χ0v) is 32.3. The zero-order valence-electron chi connectivity index (χ0n) is 30.8. The smallest absolute Gasteiger partial charge is 0.435 e. The number of aromatic nitrogens is 8. The topological polar surface area (TPSA) is 155 Å². The lowest BCUT2D eigenvalue weighted by molar-refractivity contribution is 0.0503. The Morgan fingerprint density at radius 2 is 1.13 bits per heavy atom. The Kier molecular flexibility index (Phi) is 12.1. The number of carbonyl (C=O) groups excluding carboxylic acids is 2. The van der Waals surface area contributed by atoms with Crippen LogP contribution in [0.1, 0.15) is 41.5 Å². The van der Waals surface area contributed by atoms with E-state index in [0.717, 1.165) is 44.0 Å². The second-order valence-electron chi connectivity index (χ2n) is 13.8. The summed E-state index contributed by atoms with van der Waals surface area (Å²) in [7, 11) is 1.68. The van der Waals surface area contributed by atoms with Crippen LogP contribution in [0.2, 0.25) is 10.6 Å². The van der Waals surface area contributed by atoms with E-state index in [1.807, 2.05) is 12.1 Å². The van der Waals surface area contributed by atoms with Gasteiger partial charge < -0.3 is 19.7 Å². The van der Waals surface area contributed by atoms with Crippen LogP contribution in [0.4, 0.5) is 41.4 Å². The number of ether oxygens (including phenoxy) is 2. The van der Waals surface area contributed by atoms with Gasteiger partial charge in [-0.05, 0) is 100 Å². The van der Waals surface area contributed by atoms with Crippen LogP contribution in [0.15, 0.2) is 85.7 Å². The van der Waals surface area contributed by atoms with Gasteiger partial charge in [0.1, 0.15) is 11.2 Å². The molecule has 18 heteroatoms. The van der Waals surface area contributed by atoms with E-state index in [2.05, 4.69) is 35.5 Å². The largest absolute Gasteiger partial charge is 0.442 e. The highest BCUT2D eigenvalue weighted by Crippen LogP contribution is 2.28. The molecule has 0 fully saturated rings. The summed E-state index contributed by atoms with van der Waals surface area (Å²) in [6, 6.07) is 14.4. The van der Waals surface area contributed by atoms with Gasteiger partial charge in [-0.1, -0.05) is 24.3 Å². The number of nitrogens with zero attached hydrogens (tertiary/aromatic N) is 9. The summed E-state index contributed by atoms with van der Waals surface area (Å²) < 4.78 is 40.5. The molecule has 0 unspecified atom stereocenters. The molecule has 0 aliphatic rings. The summed E-state index contributed by atoms with van der Waals surface area (Å²) in [5, 5.41) is 10.8. The molecule has 4 aromatic heterocycles. The minimum Gasteiger partial charge on any atom is -0.442 e. The molecule has 0 aliphatic heterocycles. The van der Waals surface area contributed by atoms with Gasteiger partial charge in [0.2, 0.25) is 10.6 Å². The van der Waals surface area contributed by atoms with Crippen LogP contribution < -0.4 is 10.2 Å². The zero-order chi connectivity index (χ0) is 40.1. The Balaban J connectivity index is 0.000000211. The maximum absolute atomic E-state index is 14.0. The van der Waals surface area contributed by atoms with Crippen molar-refractivity contribution in [3.8, 4) is 22.3 Å². The first kappa shape index (κ1) is 40.2. The fraction of sp³-hybridized carbons (Fsp3) is 0.243. The van der Waals surface area contributed by atoms with Crippen LogP contribution in [0.25, 0.3) is 22.3 Å². The van der Waals surface area contributed by atoms with Crippen molar-refractivity contribution in [2.75, 3.05) is 17.3 Å². The summed E-state index contributed by atoms with van der Waals surface area (Å²) >= 11 is 11.4. The van der Waals surface area contributed by atoms with Gasteiger partial charge in [0.15, 0.2) is 23.3 Å². The Bertz CT molecular complexity index is 2290. The third kappa shape index (κ3) is 11.0. The second-order valence-corrected chi connectivity index (χ2v) is 14.4. The summed E-state index contributed by atoms with van der Waals surface area (Å²) in [6.45, 7) is 10.7. The highest BCUT2D eigenvalue weighted by atomic mass is 35.5. The highest BCUT2D eigenvalue weighted by molar-refractivity contribution is 6.28. The monoisotopic (exact) mass is 792 g/mol. The molecule has 0 radical (unpaired) electrons. The lowest BCUT2D eigenvalue weighted by Crippen LogP contribution is -2.27. The van der Waals surface area contributed by atoms with Gasteiger partial charge in [0, 0.05) is 41.9 Å². The predicted molar refractivity (Wildman–Crippen MR) is 204 cm³/mol. The molecule has 0 bridgehead atoms. The molecular weight excluding hydrogens is 757 g/mol. The summed E-state index contributed by atoms with van der Waals surface area (Å²) in [6.07, 6.45) is 7.24. The SMILES string of the molecule is CC(C)(C)OC(=O)n1cc(-c2ccc(Nc3nc(Cl)ncc3F)cc2)cn1.CN(c1ccc(-c2cnn(C(=O)OC(C)(C)C)c2)cc1)c1nc(Cl)ncc1F. The maximum atomic E-state index is 14.0. The first-order chi connectivity index (χ1) is 25.8. The van der Waals surface area contributed by atoms with Crippen molar-refractivity contribution in [3.05, 3.63) is 108 Å². The molecular formula is C37H36Cl2F2N10O4. The lowest BCUT2D eigenvalue weighted by atomic mass is 10.1. The van der Waals surface area contributed by atoms with Crippen LogP contribution in [-0.2, 0) is 9.47 Å². The summed E-state index contributed by atoms with van der Waals surface area (Å²) in [4.78, 5) is 40.6. The van der Waals surface area contributed by atoms with Gasteiger partial charge in [0.05, 0.1) is 24.8 Å². The second kappa shape index (κ2) is 16.6. The molecule has 55 heavy (non-hydrogen) atoms. The molecule has 0 saturated heterocycles. The van der Waals surface area contributed by atoms with Gasteiger partial charge in [-0.3, -0.25) is 0 Å². The van der Waals surface area contributed by atoms with E-state index in [4.69, 9.17) is 32.7 Å². The number of carbonyl (C=O) groups is 2. The third-order valence-electron chi connectivity index (χ3n) is 7.12. The Labute approximate surface area is 325 Å². The lowest BCUT2D eigenvalue weighted by Gasteiger charge is -2.19. The quantitative estimate of drug-likeness (QED) is 0.160. The van der Waals surface area contributed by atoms with E-state index in [1.165, 1.54) is 0 Å². The molecule has 0 atom stereocenters. The van der Waals surface area contributed by atoms with Gasteiger partial charge >= 0.3 is 12.2 Å². The molecule has 2 aromatic carbocycles. The number of nitrogens with one attached hydrogen (secondary N) is 1. The Morgan fingerprint density at radius 3 is 1.62 bits per heavy atom. The van der Waals surface area contributed by atoms with Gasteiger partial charge in [-0.15, -0.1) is 0 Å². The van der Waals surface area contributed by atoms with E-state index in [1.54, 1.807) is 115 Å². The average Bonchev–Trinajstić information content (AvgIpc) is 3.82. The van der Waals surface area contributed by atoms with E-state index < -0.39 is 35.0 Å². The first-order valence-electron chi connectivity index (χ1n) is 16.5. The average molecular weight is 794 g/mol. The number of benzene rings is 2. The minimum atomic E-state index is -0.609. The molecule has 0 amide bonds. The molecule has 0 aliphatic carbocycles. The highest BCUT2D eigenvalue weighted by Gasteiger charge is 2.20. The summed E-state index contributed by atoms with van der Waals surface area (Å²) in [5.41, 5.74) is 3.28. The third-order valence-corrected chi connectivity index (χ3v) is 7.49. The number of anilines is 4. The van der Waals surface area contributed by atoms with Crippen molar-refractivity contribution in [2.24, 2.45) is 0 Å². The van der Waals surface area contributed by atoms with Crippen LogP contribution >= 0.6 is 23.2 Å². The van der Waals surface area contributed by atoms with E-state index >= 15 is 0 Å². The van der Waals surface area contributed by atoms with Crippen molar-refractivity contribution in [1.82, 2.24) is 39.5 Å². The minimum absolute atomic E-state index is 0.0134. The predicted octanol–water partition coefficient (Wildman–Crippen LogP) is 9.34. The van der Waals surface area contributed by atoms with Crippen molar-refractivity contribution in [2.45, 2.75) is 52.7 Å². The van der Waals surface area contributed by atoms with E-state index in [-0.39, 0.29) is 22.2 Å². The van der Waals surface area contributed by atoms with Crippen molar-refractivity contribution in [1.29, 1.82) is 0 Å². The number of hydrogen-bond acceptors (Lipinski definition) is 12. The van der Waals surface area contributed by atoms with Crippen LogP contribution in [0.3, 0.4) is 0 Å². The van der Waals surface area contributed by atoms with Crippen molar-refractivity contribution < 1.29 is 27.8 Å². The van der Waals surface area contributed by atoms with Crippen molar-refractivity contribution in [3.63, 3.8) is 0 Å². The van der Waals surface area contributed by atoms with Crippen molar-refractivity contribution >= 4 is 58.4 Å². The molecule has 6 rings (SSSR count). The molecule has 0 saturated carbocycles. The van der Waals surface area contributed by atoms with Crippen LogP contribution in [0.5, 0.6) is 0 Å². The fourth-order valence-electron chi connectivity index (χ4n) is 4.65. The Morgan fingerprint density at radius 1 is 0.673 bits per heavy atom. The number of rotatable bonds is 6. The normalized spacial score (nSPS) is 11.3.